The molecule has 1 N–H and O–H groups in total. The first-order chi connectivity index (χ1) is 12.3. The second-order valence-electron chi connectivity index (χ2n) is 5.44. The van der Waals surface area contributed by atoms with Crippen LogP contribution in [0.4, 0.5) is 0 Å². The molecule has 3 heterocycles. The molecule has 0 spiro atoms. The number of hydrogen-bond acceptors (Lipinski definition) is 7. The number of nitrogens with one attached hydrogen (secondary N) is 1. The van der Waals surface area contributed by atoms with E-state index in [1.165, 1.54) is 11.3 Å². The normalized spacial score (nSPS) is 12.3. The number of thiophene rings is 1. The molecule has 8 heteroatoms. The maximum atomic E-state index is 12.0. The molecule has 7 nitrogen and oxygen atoms in total. The summed E-state index contributed by atoms with van der Waals surface area (Å²) in [7, 11) is 0. The van der Waals surface area contributed by atoms with Gasteiger partial charge in [-0.25, -0.2) is 0 Å². The second-order valence-corrected chi connectivity index (χ2v) is 6.39. The molecule has 0 fully saturated rings. The van der Waals surface area contributed by atoms with E-state index < -0.39 is 0 Å². The Hall–Kier alpha value is -2.87. The van der Waals surface area contributed by atoms with Crippen molar-refractivity contribution in [3.8, 4) is 22.3 Å². The zero-order chi connectivity index (χ0) is 17.1. The molecule has 3 aromatic rings. The van der Waals surface area contributed by atoms with Gasteiger partial charge < -0.3 is 19.2 Å². The number of aryl methyl sites for hydroxylation is 1. The number of carbonyl (C=O) groups is 1. The predicted molar refractivity (Wildman–Crippen MR) is 90.3 cm³/mol. The molecule has 0 atom stereocenters. The molecule has 1 aliphatic rings. The quantitative estimate of drug-likeness (QED) is 0.730. The SMILES string of the molecule is O=C(CCc1nnc(-c2cccs2)o1)NCc1ccc2c(c1)OCO2. The highest BCUT2D eigenvalue weighted by molar-refractivity contribution is 7.13. The fourth-order valence-electron chi connectivity index (χ4n) is 2.41. The largest absolute Gasteiger partial charge is 0.454 e. The Balaban J connectivity index is 1.27. The number of rotatable bonds is 6. The third-order valence-electron chi connectivity index (χ3n) is 3.69. The molecule has 0 aliphatic carbocycles. The summed E-state index contributed by atoms with van der Waals surface area (Å²) in [6.45, 7) is 0.669. The van der Waals surface area contributed by atoms with Gasteiger partial charge in [-0.1, -0.05) is 12.1 Å². The number of fused-ring (bicyclic) bond motifs is 1. The number of aromatic nitrogens is 2. The Morgan fingerprint density at radius 2 is 2.12 bits per heavy atom. The summed E-state index contributed by atoms with van der Waals surface area (Å²) in [5.74, 6) is 2.31. The summed E-state index contributed by atoms with van der Waals surface area (Å²) < 4.78 is 16.2. The van der Waals surface area contributed by atoms with E-state index in [1.807, 2.05) is 35.7 Å². The fraction of sp³-hybridized carbons (Fsp3) is 0.235. The van der Waals surface area contributed by atoms with E-state index in [1.54, 1.807) is 0 Å². The lowest BCUT2D eigenvalue weighted by atomic mass is 10.2. The summed E-state index contributed by atoms with van der Waals surface area (Å²) in [5, 5.41) is 12.8. The maximum Gasteiger partial charge on any atom is 0.257 e. The van der Waals surface area contributed by atoms with Crippen LogP contribution in [0.5, 0.6) is 11.5 Å². The van der Waals surface area contributed by atoms with Crippen LogP contribution in [0.1, 0.15) is 17.9 Å². The molecule has 4 rings (SSSR count). The lowest BCUT2D eigenvalue weighted by Crippen LogP contribution is -2.23. The summed E-state index contributed by atoms with van der Waals surface area (Å²) >= 11 is 1.53. The Labute approximate surface area is 147 Å². The number of nitrogens with zero attached hydrogens (tertiary/aromatic N) is 2. The van der Waals surface area contributed by atoms with Crippen molar-refractivity contribution in [1.82, 2.24) is 15.5 Å². The number of hydrogen-bond donors (Lipinski definition) is 1. The standard InChI is InChI=1S/C17H15N3O4S/c21-15(18-9-11-3-4-12-13(8-11)23-10-22-12)5-6-16-19-20-17(24-16)14-2-1-7-25-14/h1-4,7-8H,5-6,9-10H2,(H,18,21). The van der Waals surface area contributed by atoms with Crippen LogP contribution >= 0.6 is 11.3 Å². The van der Waals surface area contributed by atoms with Gasteiger partial charge in [0, 0.05) is 19.4 Å². The molecule has 1 aromatic carbocycles. The van der Waals surface area contributed by atoms with Crippen molar-refractivity contribution >= 4 is 17.2 Å². The molecule has 0 unspecified atom stereocenters. The van der Waals surface area contributed by atoms with Gasteiger partial charge in [-0.3, -0.25) is 4.79 Å². The third-order valence-corrected chi connectivity index (χ3v) is 4.55. The van der Waals surface area contributed by atoms with Crippen molar-refractivity contribution < 1.29 is 18.7 Å². The molecule has 25 heavy (non-hydrogen) atoms. The van der Waals surface area contributed by atoms with Crippen LogP contribution in [-0.4, -0.2) is 22.9 Å². The lowest BCUT2D eigenvalue weighted by Gasteiger charge is -2.05. The zero-order valence-electron chi connectivity index (χ0n) is 13.2. The predicted octanol–water partition coefficient (Wildman–Crippen LogP) is 2.78. The molecular weight excluding hydrogens is 342 g/mol. The monoisotopic (exact) mass is 357 g/mol. The minimum absolute atomic E-state index is 0.0754. The maximum absolute atomic E-state index is 12.0. The number of carbonyl (C=O) groups excluding carboxylic acids is 1. The first-order valence-electron chi connectivity index (χ1n) is 7.79. The van der Waals surface area contributed by atoms with Crippen LogP contribution in [0.3, 0.4) is 0 Å². The minimum Gasteiger partial charge on any atom is -0.454 e. The highest BCUT2D eigenvalue weighted by Gasteiger charge is 2.14. The van der Waals surface area contributed by atoms with Gasteiger partial charge in [-0.2, -0.15) is 0 Å². The number of ether oxygens (including phenoxy) is 2. The first kappa shape index (κ1) is 15.6. The van der Waals surface area contributed by atoms with Gasteiger partial charge in [0.25, 0.3) is 5.89 Å². The van der Waals surface area contributed by atoms with Crippen LogP contribution in [0.15, 0.2) is 40.1 Å². The molecule has 0 saturated carbocycles. The van der Waals surface area contributed by atoms with Crippen LogP contribution in [-0.2, 0) is 17.8 Å². The van der Waals surface area contributed by atoms with E-state index in [-0.39, 0.29) is 19.1 Å². The third kappa shape index (κ3) is 3.63. The lowest BCUT2D eigenvalue weighted by molar-refractivity contribution is -0.121. The average Bonchev–Trinajstić information content (AvgIpc) is 3.38. The Morgan fingerprint density at radius 1 is 1.20 bits per heavy atom. The van der Waals surface area contributed by atoms with E-state index in [4.69, 9.17) is 13.9 Å². The molecule has 0 bridgehead atoms. The van der Waals surface area contributed by atoms with Gasteiger partial charge >= 0.3 is 0 Å². The summed E-state index contributed by atoms with van der Waals surface area (Å²) in [4.78, 5) is 12.9. The highest BCUT2D eigenvalue weighted by atomic mass is 32.1. The molecule has 1 amide bonds. The molecule has 1 aliphatic heterocycles. The Bertz CT molecular complexity index is 876. The molecular formula is C17H15N3O4S. The summed E-state index contributed by atoms with van der Waals surface area (Å²) in [6, 6.07) is 9.45. The second kappa shape index (κ2) is 6.94. The summed E-state index contributed by atoms with van der Waals surface area (Å²) in [5.41, 5.74) is 0.954. The van der Waals surface area contributed by atoms with Gasteiger partial charge in [0.15, 0.2) is 11.5 Å². The topological polar surface area (TPSA) is 86.5 Å². The van der Waals surface area contributed by atoms with Crippen molar-refractivity contribution in [3.63, 3.8) is 0 Å². The average molecular weight is 357 g/mol. The van der Waals surface area contributed by atoms with Crippen molar-refractivity contribution in [2.45, 2.75) is 19.4 Å². The van der Waals surface area contributed by atoms with Crippen LogP contribution in [0.25, 0.3) is 10.8 Å². The first-order valence-corrected chi connectivity index (χ1v) is 8.67. The minimum atomic E-state index is -0.0754. The Kier molecular flexibility index (Phi) is 4.34. The van der Waals surface area contributed by atoms with Crippen molar-refractivity contribution in [1.29, 1.82) is 0 Å². The number of benzene rings is 1. The molecule has 128 valence electrons. The van der Waals surface area contributed by atoms with E-state index in [0.29, 0.717) is 30.5 Å². The van der Waals surface area contributed by atoms with Crippen molar-refractivity contribution in [2.75, 3.05) is 6.79 Å². The molecule has 2 aromatic heterocycles. The van der Waals surface area contributed by atoms with Gasteiger partial charge in [-0.15, -0.1) is 21.5 Å². The van der Waals surface area contributed by atoms with E-state index in [2.05, 4.69) is 15.5 Å². The molecule has 0 saturated heterocycles. The van der Waals surface area contributed by atoms with Gasteiger partial charge in [0.2, 0.25) is 18.6 Å². The Morgan fingerprint density at radius 3 is 3.00 bits per heavy atom. The highest BCUT2D eigenvalue weighted by Crippen LogP contribution is 2.32. The van der Waals surface area contributed by atoms with E-state index in [9.17, 15) is 4.79 Å². The van der Waals surface area contributed by atoms with E-state index >= 15 is 0 Å². The summed E-state index contributed by atoms with van der Waals surface area (Å²) in [6.07, 6.45) is 0.696. The van der Waals surface area contributed by atoms with Gasteiger partial charge in [0.05, 0.1) is 4.88 Å². The van der Waals surface area contributed by atoms with Crippen LogP contribution < -0.4 is 14.8 Å². The van der Waals surface area contributed by atoms with Gasteiger partial charge in [0.1, 0.15) is 0 Å². The van der Waals surface area contributed by atoms with Crippen LogP contribution in [0, 0.1) is 0 Å². The zero-order valence-corrected chi connectivity index (χ0v) is 14.0. The van der Waals surface area contributed by atoms with Gasteiger partial charge in [-0.05, 0) is 29.1 Å². The fourth-order valence-corrected chi connectivity index (χ4v) is 3.06. The smallest absolute Gasteiger partial charge is 0.257 e. The van der Waals surface area contributed by atoms with E-state index in [0.717, 1.165) is 16.2 Å². The van der Waals surface area contributed by atoms with Crippen molar-refractivity contribution in [2.24, 2.45) is 0 Å². The molecule has 0 radical (unpaired) electrons. The number of amides is 1. The van der Waals surface area contributed by atoms with Crippen molar-refractivity contribution in [3.05, 3.63) is 47.2 Å². The van der Waals surface area contributed by atoms with Crippen LogP contribution in [0.2, 0.25) is 0 Å².